The van der Waals surface area contributed by atoms with E-state index in [0.29, 0.717) is 17.9 Å². The second kappa shape index (κ2) is 9.25. The van der Waals surface area contributed by atoms with E-state index in [4.69, 9.17) is 0 Å². The predicted molar refractivity (Wildman–Crippen MR) is 107 cm³/mol. The van der Waals surface area contributed by atoms with Gasteiger partial charge in [-0.3, -0.25) is 4.79 Å². The molecule has 0 spiro atoms. The van der Waals surface area contributed by atoms with Gasteiger partial charge in [0.2, 0.25) is 5.91 Å². The highest BCUT2D eigenvalue weighted by atomic mass is 35.5. The smallest absolute Gasteiger partial charge is 0.228 e. The number of fused-ring (bicyclic) bond motifs is 1. The van der Waals surface area contributed by atoms with Crippen molar-refractivity contribution in [3.8, 4) is 0 Å². The third-order valence-electron chi connectivity index (χ3n) is 7.20. The first kappa shape index (κ1) is 21.3. The fourth-order valence-corrected chi connectivity index (χ4v) is 5.70. The van der Waals surface area contributed by atoms with Gasteiger partial charge in [-0.25, -0.2) is 0 Å². The van der Waals surface area contributed by atoms with Crippen molar-refractivity contribution in [1.29, 1.82) is 0 Å². The minimum absolute atomic E-state index is 0. The Hall–Kier alpha value is -0.0300. The lowest BCUT2D eigenvalue weighted by Crippen LogP contribution is -2.53. The molecule has 2 aliphatic carbocycles. The monoisotopic (exact) mass is 391 g/mol. The van der Waals surface area contributed by atoms with Gasteiger partial charge in [0.25, 0.3) is 0 Å². The molecule has 2 heterocycles. The van der Waals surface area contributed by atoms with E-state index in [2.05, 4.69) is 15.5 Å². The molecule has 2 atom stereocenters. The molecule has 2 N–H and O–H groups in total. The number of rotatable bonds is 3. The van der Waals surface area contributed by atoms with Gasteiger partial charge in [0.1, 0.15) is 0 Å². The second-order valence-corrected chi connectivity index (χ2v) is 8.45. The molecule has 0 radical (unpaired) electrons. The largest absolute Gasteiger partial charge is 0.353 e. The molecule has 0 bridgehead atoms. The Kier molecular flexibility index (Phi) is 7.87. The number of carbonyl (C=O) groups is 1. The number of nitrogens with zero attached hydrogens (tertiary/aromatic N) is 1. The second-order valence-electron chi connectivity index (χ2n) is 8.45. The summed E-state index contributed by atoms with van der Waals surface area (Å²) >= 11 is 0. The normalized spacial score (nSPS) is 34.0. The zero-order valence-electron chi connectivity index (χ0n) is 15.3. The molecule has 2 saturated carbocycles. The van der Waals surface area contributed by atoms with Crippen LogP contribution in [0.5, 0.6) is 0 Å². The fourth-order valence-electron chi connectivity index (χ4n) is 5.70. The Bertz CT molecular complexity index is 436. The number of amides is 1. The van der Waals surface area contributed by atoms with E-state index >= 15 is 0 Å². The van der Waals surface area contributed by atoms with Gasteiger partial charge < -0.3 is 15.5 Å². The molecule has 4 aliphatic rings. The summed E-state index contributed by atoms with van der Waals surface area (Å²) in [5, 5.41) is 6.95. The van der Waals surface area contributed by atoms with Crippen LogP contribution in [0.4, 0.5) is 0 Å². The molecule has 4 nitrogen and oxygen atoms in total. The van der Waals surface area contributed by atoms with Crippen molar-refractivity contribution in [3.63, 3.8) is 0 Å². The van der Waals surface area contributed by atoms with E-state index in [9.17, 15) is 4.79 Å². The first-order valence-electron chi connectivity index (χ1n) is 10.0. The molecule has 0 unspecified atom stereocenters. The van der Waals surface area contributed by atoms with Gasteiger partial charge in [-0.2, -0.15) is 0 Å². The van der Waals surface area contributed by atoms with Crippen molar-refractivity contribution in [1.82, 2.24) is 15.5 Å². The van der Waals surface area contributed by atoms with Crippen molar-refractivity contribution < 1.29 is 4.79 Å². The van der Waals surface area contributed by atoms with Crippen LogP contribution in [0.1, 0.15) is 64.2 Å². The molecular formula is C19H35Cl2N3O. The fraction of sp³-hybridized carbons (Fsp3) is 0.947. The molecule has 4 fully saturated rings. The Labute approximate surface area is 165 Å². The lowest BCUT2D eigenvalue weighted by Gasteiger charge is -2.40. The Morgan fingerprint density at radius 1 is 0.960 bits per heavy atom. The van der Waals surface area contributed by atoms with Gasteiger partial charge in [0, 0.05) is 31.7 Å². The van der Waals surface area contributed by atoms with E-state index in [1.54, 1.807) is 0 Å². The molecule has 25 heavy (non-hydrogen) atoms. The number of halogens is 2. The molecule has 0 aromatic heterocycles. The van der Waals surface area contributed by atoms with Gasteiger partial charge in [-0.1, -0.05) is 25.7 Å². The summed E-state index contributed by atoms with van der Waals surface area (Å²) in [6.07, 6.45) is 12.8. The molecular weight excluding hydrogens is 357 g/mol. The molecule has 0 aromatic rings. The van der Waals surface area contributed by atoms with Crippen molar-refractivity contribution >= 4 is 30.7 Å². The van der Waals surface area contributed by atoms with E-state index < -0.39 is 0 Å². The molecule has 146 valence electrons. The van der Waals surface area contributed by atoms with E-state index in [1.807, 2.05) is 0 Å². The van der Waals surface area contributed by atoms with Gasteiger partial charge in [-0.15, -0.1) is 24.8 Å². The molecule has 0 aromatic carbocycles. The van der Waals surface area contributed by atoms with Crippen LogP contribution in [-0.4, -0.2) is 49.1 Å². The summed E-state index contributed by atoms with van der Waals surface area (Å²) in [6.45, 7) is 4.33. The summed E-state index contributed by atoms with van der Waals surface area (Å²) in [5.74, 6) is 0.946. The van der Waals surface area contributed by atoms with Crippen molar-refractivity contribution in [3.05, 3.63) is 0 Å². The lowest BCUT2D eigenvalue weighted by atomic mass is 9.67. The van der Waals surface area contributed by atoms with E-state index in [1.165, 1.54) is 58.0 Å². The lowest BCUT2D eigenvalue weighted by molar-refractivity contribution is -0.135. The number of carbonyl (C=O) groups excluding carboxylic acids is 1. The molecule has 4 rings (SSSR count). The zero-order valence-corrected chi connectivity index (χ0v) is 16.9. The molecule has 2 saturated heterocycles. The summed E-state index contributed by atoms with van der Waals surface area (Å²) in [4.78, 5) is 15.7. The zero-order chi connectivity index (χ0) is 15.7. The number of hydrogen-bond donors (Lipinski definition) is 2. The first-order chi connectivity index (χ1) is 11.3. The van der Waals surface area contributed by atoms with Crippen LogP contribution in [0.15, 0.2) is 0 Å². The SMILES string of the molecule is Cl.Cl.O=C(NC1CCN(C2CCCC2)CC1)[C@@]12CCCC[C@H]1CNC2. The maximum Gasteiger partial charge on any atom is 0.228 e. The highest BCUT2D eigenvalue weighted by Crippen LogP contribution is 2.44. The average molecular weight is 392 g/mol. The maximum absolute atomic E-state index is 13.0. The van der Waals surface area contributed by atoms with Crippen molar-refractivity contribution in [2.75, 3.05) is 26.2 Å². The number of piperidine rings is 1. The van der Waals surface area contributed by atoms with Crippen LogP contribution in [0.3, 0.4) is 0 Å². The summed E-state index contributed by atoms with van der Waals surface area (Å²) in [5.41, 5.74) is -0.0825. The van der Waals surface area contributed by atoms with Gasteiger partial charge in [0.15, 0.2) is 0 Å². The van der Waals surface area contributed by atoms with Crippen LogP contribution in [0.25, 0.3) is 0 Å². The third kappa shape index (κ3) is 4.28. The minimum Gasteiger partial charge on any atom is -0.353 e. The van der Waals surface area contributed by atoms with Crippen LogP contribution in [-0.2, 0) is 4.79 Å². The summed E-state index contributed by atoms with van der Waals surface area (Å²) in [7, 11) is 0. The molecule has 1 amide bonds. The average Bonchev–Trinajstić information content (AvgIpc) is 3.25. The standard InChI is InChI=1S/C19H33N3O.2ClH/c23-18(19-10-4-3-5-15(19)13-20-14-19)21-16-8-11-22(12-9-16)17-6-1-2-7-17;;/h15-17,20H,1-14H2,(H,21,23);2*1H/t15-,19+;;/m0../s1. The summed E-state index contributed by atoms with van der Waals surface area (Å²) < 4.78 is 0. The van der Waals surface area contributed by atoms with E-state index in [0.717, 1.165) is 38.4 Å². The third-order valence-corrected chi connectivity index (χ3v) is 7.20. The Morgan fingerprint density at radius 3 is 2.36 bits per heavy atom. The van der Waals surface area contributed by atoms with Crippen LogP contribution in [0.2, 0.25) is 0 Å². The van der Waals surface area contributed by atoms with Crippen LogP contribution in [0, 0.1) is 11.3 Å². The Morgan fingerprint density at radius 2 is 1.64 bits per heavy atom. The number of hydrogen-bond acceptors (Lipinski definition) is 3. The van der Waals surface area contributed by atoms with Gasteiger partial charge in [0.05, 0.1) is 5.41 Å². The van der Waals surface area contributed by atoms with Gasteiger partial charge in [-0.05, 0) is 51.0 Å². The van der Waals surface area contributed by atoms with Crippen LogP contribution >= 0.6 is 24.8 Å². The topological polar surface area (TPSA) is 44.4 Å². The van der Waals surface area contributed by atoms with Crippen molar-refractivity contribution in [2.45, 2.75) is 76.3 Å². The quantitative estimate of drug-likeness (QED) is 0.776. The van der Waals surface area contributed by atoms with Crippen LogP contribution < -0.4 is 10.6 Å². The van der Waals surface area contributed by atoms with E-state index in [-0.39, 0.29) is 30.2 Å². The first-order valence-corrected chi connectivity index (χ1v) is 10.0. The van der Waals surface area contributed by atoms with Crippen molar-refractivity contribution in [2.24, 2.45) is 11.3 Å². The molecule has 6 heteroatoms. The summed E-state index contributed by atoms with van der Waals surface area (Å²) in [6, 6.07) is 1.25. The minimum atomic E-state index is -0.0825. The van der Waals surface area contributed by atoms with Gasteiger partial charge >= 0.3 is 0 Å². The molecule has 2 aliphatic heterocycles. The number of nitrogens with one attached hydrogen (secondary N) is 2. The highest BCUT2D eigenvalue weighted by molar-refractivity contribution is 5.85. The maximum atomic E-state index is 13.0. The number of likely N-dealkylation sites (tertiary alicyclic amines) is 1. The highest BCUT2D eigenvalue weighted by Gasteiger charge is 2.50. The predicted octanol–water partition coefficient (Wildman–Crippen LogP) is 3.13. The Balaban J connectivity index is 0.00000113.